The van der Waals surface area contributed by atoms with Gasteiger partial charge in [0.25, 0.3) is 0 Å². The molecule has 26 heavy (non-hydrogen) atoms. The first-order valence-electron chi connectivity index (χ1n) is 8.57. The third-order valence-electron chi connectivity index (χ3n) is 4.89. The molecule has 140 valence electrons. The van der Waals surface area contributed by atoms with Crippen molar-refractivity contribution >= 4 is 0 Å². The maximum absolute atomic E-state index is 13.8. The molecule has 1 fully saturated rings. The van der Waals surface area contributed by atoms with Crippen molar-refractivity contribution in [3.63, 3.8) is 0 Å². The molecule has 2 aromatic carbocycles. The molecule has 1 saturated heterocycles. The highest BCUT2D eigenvalue weighted by molar-refractivity contribution is 5.64. The van der Waals surface area contributed by atoms with Gasteiger partial charge in [-0.25, -0.2) is 8.78 Å². The second kappa shape index (κ2) is 7.35. The van der Waals surface area contributed by atoms with Crippen LogP contribution in [0.2, 0.25) is 0 Å². The third-order valence-corrected chi connectivity index (χ3v) is 4.89. The van der Waals surface area contributed by atoms with Gasteiger partial charge in [0, 0.05) is 0 Å². The van der Waals surface area contributed by atoms with Crippen LogP contribution in [-0.4, -0.2) is 6.61 Å². The standard InChI is InChI=1S/C20H19F5O/c1-2-12-3-8-18(26-11-12)14-6-4-13(5-7-14)15-9-16(21)19(17(22)10-15)20(23,24)25/h4-7,9-10,12,18H,2-3,8,11H2,1H3. The highest BCUT2D eigenvalue weighted by Gasteiger charge is 2.38. The normalized spacial score (nSPS) is 21.0. The zero-order chi connectivity index (χ0) is 18.9. The number of rotatable bonds is 3. The second-order valence-corrected chi connectivity index (χ2v) is 6.61. The smallest absolute Gasteiger partial charge is 0.373 e. The van der Waals surface area contributed by atoms with Crippen molar-refractivity contribution < 1.29 is 26.7 Å². The summed E-state index contributed by atoms with van der Waals surface area (Å²) in [4.78, 5) is 0. The van der Waals surface area contributed by atoms with Crippen LogP contribution in [0.25, 0.3) is 11.1 Å². The van der Waals surface area contributed by atoms with Gasteiger partial charge in [-0.05, 0) is 47.6 Å². The second-order valence-electron chi connectivity index (χ2n) is 6.61. The molecule has 2 aromatic rings. The van der Waals surface area contributed by atoms with Crippen molar-refractivity contribution in [3.8, 4) is 11.1 Å². The van der Waals surface area contributed by atoms with Gasteiger partial charge in [0.2, 0.25) is 0 Å². The number of hydrogen-bond donors (Lipinski definition) is 0. The maximum Gasteiger partial charge on any atom is 0.422 e. The lowest BCUT2D eigenvalue weighted by atomic mass is 9.92. The van der Waals surface area contributed by atoms with E-state index in [0.29, 0.717) is 30.2 Å². The Bertz CT molecular complexity index is 736. The number of ether oxygens (including phenoxy) is 1. The van der Waals surface area contributed by atoms with Gasteiger partial charge < -0.3 is 4.74 Å². The van der Waals surface area contributed by atoms with E-state index >= 15 is 0 Å². The molecule has 0 radical (unpaired) electrons. The number of halogens is 5. The van der Waals surface area contributed by atoms with E-state index in [1.54, 1.807) is 24.3 Å². The Morgan fingerprint density at radius 1 is 0.962 bits per heavy atom. The van der Waals surface area contributed by atoms with E-state index in [0.717, 1.165) is 24.8 Å². The molecule has 1 nitrogen and oxygen atoms in total. The first-order valence-corrected chi connectivity index (χ1v) is 8.57. The summed E-state index contributed by atoms with van der Waals surface area (Å²) in [6.45, 7) is 2.84. The Morgan fingerprint density at radius 3 is 2.04 bits per heavy atom. The van der Waals surface area contributed by atoms with Crippen molar-refractivity contribution in [2.24, 2.45) is 5.92 Å². The fraction of sp³-hybridized carbons (Fsp3) is 0.400. The fourth-order valence-electron chi connectivity index (χ4n) is 3.29. The Kier molecular flexibility index (Phi) is 5.32. The van der Waals surface area contributed by atoms with Crippen molar-refractivity contribution in [2.75, 3.05) is 6.61 Å². The van der Waals surface area contributed by atoms with Crippen LogP contribution in [0.3, 0.4) is 0 Å². The quantitative estimate of drug-likeness (QED) is 0.558. The third kappa shape index (κ3) is 3.90. The average Bonchev–Trinajstić information content (AvgIpc) is 2.60. The Hall–Kier alpha value is -1.95. The molecule has 0 aliphatic carbocycles. The van der Waals surface area contributed by atoms with Gasteiger partial charge in [0.05, 0.1) is 12.7 Å². The molecule has 0 aromatic heterocycles. The van der Waals surface area contributed by atoms with Gasteiger partial charge in [-0.15, -0.1) is 0 Å². The van der Waals surface area contributed by atoms with Crippen LogP contribution in [0.5, 0.6) is 0 Å². The van der Waals surface area contributed by atoms with Crippen LogP contribution in [-0.2, 0) is 10.9 Å². The average molecular weight is 370 g/mol. The highest BCUT2D eigenvalue weighted by Crippen LogP contribution is 2.37. The molecule has 0 spiro atoms. The van der Waals surface area contributed by atoms with E-state index in [2.05, 4.69) is 6.92 Å². The van der Waals surface area contributed by atoms with Crippen LogP contribution in [0.15, 0.2) is 36.4 Å². The molecule has 0 bridgehead atoms. The molecule has 3 rings (SSSR count). The van der Waals surface area contributed by atoms with Crippen molar-refractivity contribution in [3.05, 3.63) is 59.2 Å². The van der Waals surface area contributed by atoms with E-state index < -0.39 is 23.4 Å². The van der Waals surface area contributed by atoms with E-state index in [9.17, 15) is 22.0 Å². The minimum atomic E-state index is -5.06. The Morgan fingerprint density at radius 2 is 1.58 bits per heavy atom. The topological polar surface area (TPSA) is 9.23 Å². The molecule has 0 amide bonds. The first kappa shape index (κ1) is 18.8. The summed E-state index contributed by atoms with van der Waals surface area (Å²) in [5.41, 5.74) is -0.396. The maximum atomic E-state index is 13.8. The van der Waals surface area contributed by atoms with E-state index in [-0.39, 0.29) is 11.7 Å². The molecule has 1 aliphatic rings. The van der Waals surface area contributed by atoms with Crippen LogP contribution in [0.4, 0.5) is 22.0 Å². The van der Waals surface area contributed by atoms with E-state index in [1.807, 2.05) is 0 Å². The summed E-state index contributed by atoms with van der Waals surface area (Å²) < 4.78 is 71.4. The summed E-state index contributed by atoms with van der Waals surface area (Å²) in [5.74, 6) is -2.65. The molecular formula is C20H19F5O. The summed E-state index contributed by atoms with van der Waals surface area (Å²) in [5, 5.41) is 0. The largest absolute Gasteiger partial charge is 0.422 e. The number of alkyl halides is 3. The zero-order valence-electron chi connectivity index (χ0n) is 14.2. The van der Waals surface area contributed by atoms with Crippen molar-refractivity contribution in [1.82, 2.24) is 0 Å². The lowest BCUT2D eigenvalue weighted by Gasteiger charge is -2.28. The van der Waals surface area contributed by atoms with Crippen molar-refractivity contribution in [1.29, 1.82) is 0 Å². The summed E-state index contributed by atoms with van der Waals surface area (Å²) >= 11 is 0. The fourth-order valence-corrected chi connectivity index (χ4v) is 3.29. The molecule has 1 heterocycles. The number of benzene rings is 2. The van der Waals surface area contributed by atoms with Crippen LogP contribution < -0.4 is 0 Å². The Labute approximate surface area is 148 Å². The van der Waals surface area contributed by atoms with E-state index in [1.165, 1.54) is 0 Å². The van der Waals surface area contributed by atoms with Gasteiger partial charge in [0.1, 0.15) is 17.2 Å². The lowest BCUT2D eigenvalue weighted by molar-refractivity contribution is -0.142. The molecular weight excluding hydrogens is 351 g/mol. The van der Waals surface area contributed by atoms with Gasteiger partial charge in [0.15, 0.2) is 0 Å². The molecule has 2 atom stereocenters. The number of hydrogen-bond acceptors (Lipinski definition) is 1. The van der Waals surface area contributed by atoms with Crippen molar-refractivity contribution in [2.45, 2.75) is 38.5 Å². The molecule has 0 saturated carbocycles. The van der Waals surface area contributed by atoms with E-state index in [4.69, 9.17) is 4.74 Å². The summed E-state index contributed by atoms with van der Waals surface area (Å²) in [6.07, 6.45) is -2.02. The molecule has 6 heteroatoms. The monoisotopic (exact) mass is 370 g/mol. The molecule has 0 N–H and O–H groups in total. The summed E-state index contributed by atoms with van der Waals surface area (Å²) in [7, 11) is 0. The lowest BCUT2D eigenvalue weighted by Crippen LogP contribution is -2.20. The van der Waals surface area contributed by atoms with Crippen LogP contribution in [0, 0.1) is 17.6 Å². The molecule has 1 aliphatic heterocycles. The predicted octanol–water partition coefficient (Wildman–Crippen LogP) is 6.53. The minimum Gasteiger partial charge on any atom is -0.373 e. The molecule has 2 unspecified atom stereocenters. The summed E-state index contributed by atoms with van der Waals surface area (Å²) in [6, 6.07) is 8.30. The van der Waals surface area contributed by atoms with Gasteiger partial charge in [-0.1, -0.05) is 37.6 Å². The van der Waals surface area contributed by atoms with Gasteiger partial charge >= 0.3 is 6.18 Å². The van der Waals surface area contributed by atoms with Crippen LogP contribution >= 0.6 is 0 Å². The zero-order valence-corrected chi connectivity index (χ0v) is 14.2. The highest BCUT2D eigenvalue weighted by atomic mass is 19.4. The van der Waals surface area contributed by atoms with Gasteiger partial charge in [-0.2, -0.15) is 13.2 Å². The van der Waals surface area contributed by atoms with Gasteiger partial charge in [-0.3, -0.25) is 0 Å². The minimum absolute atomic E-state index is 0.0204. The Balaban J connectivity index is 1.81. The first-order chi connectivity index (χ1) is 12.3. The predicted molar refractivity (Wildman–Crippen MR) is 88.5 cm³/mol. The van der Waals surface area contributed by atoms with Crippen LogP contribution in [0.1, 0.15) is 43.4 Å². The SMILES string of the molecule is CCC1CCC(c2ccc(-c3cc(F)c(C(F)(F)F)c(F)c3)cc2)OC1.